The number of ketones is 1. The normalized spacial score (nSPS) is 13.1. The summed E-state index contributed by atoms with van der Waals surface area (Å²) in [7, 11) is 0. The van der Waals surface area contributed by atoms with Gasteiger partial charge in [-0.3, -0.25) is 14.9 Å². The monoisotopic (exact) mass is 325 g/mol. The van der Waals surface area contributed by atoms with E-state index in [0.29, 0.717) is 5.56 Å². The number of hydrogen-bond acceptors (Lipinski definition) is 4. The van der Waals surface area contributed by atoms with Crippen LogP contribution in [0.2, 0.25) is 0 Å². The largest absolute Gasteiger partial charge is 0.465 e. The molecular weight excluding hydrogens is 302 g/mol. The maximum atomic E-state index is 12.4. The SMILES string of the molecule is CCOC(=O)C(CC(=O)c1ccccc1)NC(C)c1ccccc1. The highest BCUT2D eigenvalue weighted by Gasteiger charge is 2.25. The first-order valence-electron chi connectivity index (χ1n) is 8.17. The molecule has 0 bridgehead atoms. The molecule has 4 nitrogen and oxygen atoms in total. The van der Waals surface area contributed by atoms with E-state index in [2.05, 4.69) is 5.32 Å². The number of nitrogens with one attached hydrogen (secondary N) is 1. The molecule has 126 valence electrons. The predicted molar refractivity (Wildman–Crippen MR) is 93.8 cm³/mol. The molecule has 0 spiro atoms. The van der Waals surface area contributed by atoms with Crippen molar-refractivity contribution in [2.45, 2.75) is 32.4 Å². The van der Waals surface area contributed by atoms with Crippen molar-refractivity contribution in [3.8, 4) is 0 Å². The average Bonchev–Trinajstić information content (AvgIpc) is 2.62. The van der Waals surface area contributed by atoms with Crippen LogP contribution < -0.4 is 5.32 Å². The summed E-state index contributed by atoms with van der Waals surface area (Å²) < 4.78 is 5.12. The Morgan fingerprint density at radius 2 is 1.58 bits per heavy atom. The molecule has 0 heterocycles. The molecule has 24 heavy (non-hydrogen) atoms. The van der Waals surface area contributed by atoms with Crippen LogP contribution >= 0.6 is 0 Å². The van der Waals surface area contributed by atoms with Crippen molar-refractivity contribution in [1.82, 2.24) is 5.32 Å². The Morgan fingerprint density at radius 3 is 2.17 bits per heavy atom. The average molecular weight is 325 g/mol. The fraction of sp³-hybridized carbons (Fsp3) is 0.300. The molecular formula is C20H23NO3. The first kappa shape index (κ1) is 17.9. The van der Waals surface area contributed by atoms with E-state index in [9.17, 15) is 9.59 Å². The number of hydrogen-bond donors (Lipinski definition) is 1. The van der Waals surface area contributed by atoms with E-state index in [1.807, 2.05) is 55.5 Å². The van der Waals surface area contributed by atoms with Crippen LogP contribution in [-0.2, 0) is 9.53 Å². The molecule has 0 amide bonds. The Bertz CT molecular complexity index is 655. The van der Waals surface area contributed by atoms with Crippen molar-refractivity contribution in [2.24, 2.45) is 0 Å². The van der Waals surface area contributed by atoms with Crippen molar-refractivity contribution in [3.05, 3.63) is 71.8 Å². The van der Waals surface area contributed by atoms with Gasteiger partial charge in [0, 0.05) is 18.0 Å². The molecule has 0 aliphatic carbocycles. The van der Waals surface area contributed by atoms with Crippen LogP contribution in [0.25, 0.3) is 0 Å². The van der Waals surface area contributed by atoms with Gasteiger partial charge < -0.3 is 4.74 Å². The van der Waals surface area contributed by atoms with Crippen molar-refractivity contribution >= 4 is 11.8 Å². The summed E-state index contributed by atoms with van der Waals surface area (Å²) >= 11 is 0. The van der Waals surface area contributed by atoms with Gasteiger partial charge in [0.2, 0.25) is 0 Å². The van der Waals surface area contributed by atoms with Crippen molar-refractivity contribution < 1.29 is 14.3 Å². The van der Waals surface area contributed by atoms with Crippen LogP contribution in [0, 0.1) is 0 Å². The summed E-state index contributed by atoms with van der Waals surface area (Å²) in [5, 5.41) is 3.22. The first-order valence-corrected chi connectivity index (χ1v) is 8.17. The van der Waals surface area contributed by atoms with Gasteiger partial charge in [0.25, 0.3) is 0 Å². The lowest BCUT2D eigenvalue weighted by Crippen LogP contribution is -2.41. The second kappa shape index (κ2) is 8.99. The molecule has 0 fully saturated rings. The third-order valence-electron chi connectivity index (χ3n) is 3.81. The Morgan fingerprint density at radius 1 is 1.00 bits per heavy atom. The summed E-state index contributed by atoms with van der Waals surface area (Å²) in [6, 6.07) is 18.1. The topological polar surface area (TPSA) is 55.4 Å². The van der Waals surface area contributed by atoms with E-state index in [1.54, 1.807) is 19.1 Å². The molecule has 2 rings (SSSR count). The molecule has 4 heteroatoms. The number of carbonyl (C=O) groups excluding carboxylic acids is 2. The van der Waals surface area contributed by atoms with Gasteiger partial charge in [-0.2, -0.15) is 0 Å². The molecule has 0 aliphatic heterocycles. The lowest BCUT2D eigenvalue weighted by Gasteiger charge is -2.22. The fourth-order valence-corrected chi connectivity index (χ4v) is 2.52. The molecule has 0 saturated carbocycles. The standard InChI is InChI=1S/C20H23NO3/c1-3-24-20(23)18(14-19(22)17-12-8-5-9-13-17)21-15(2)16-10-6-4-7-11-16/h4-13,15,18,21H,3,14H2,1-2H3. The van der Waals surface area contributed by atoms with E-state index in [-0.39, 0.29) is 24.9 Å². The molecule has 0 saturated heterocycles. The van der Waals surface area contributed by atoms with E-state index < -0.39 is 12.0 Å². The number of rotatable bonds is 8. The number of ether oxygens (including phenoxy) is 1. The van der Waals surface area contributed by atoms with Gasteiger partial charge in [0.15, 0.2) is 5.78 Å². The fourth-order valence-electron chi connectivity index (χ4n) is 2.52. The maximum absolute atomic E-state index is 12.4. The smallest absolute Gasteiger partial charge is 0.323 e. The van der Waals surface area contributed by atoms with Crippen molar-refractivity contribution in [2.75, 3.05) is 6.61 Å². The van der Waals surface area contributed by atoms with Crippen LogP contribution in [-0.4, -0.2) is 24.4 Å². The van der Waals surface area contributed by atoms with Crippen LogP contribution in [0.4, 0.5) is 0 Å². The minimum atomic E-state index is -0.673. The zero-order valence-corrected chi connectivity index (χ0v) is 14.1. The number of carbonyl (C=O) groups is 2. The molecule has 0 aliphatic rings. The predicted octanol–water partition coefficient (Wildman–Crippen LogP) is 3.54. The van der Waals surface area contributed by atoms with Crippen LogP contribution in [0.15, 0.2) is 60.7 Å². The lowest BCUT2D eigenvalue weighted by molar-refractivity contribution is -0.145. The van der Waals surface area contributed by atoms with Gasteiger partial charge in [-0.05, 0) is 19.4 Å². The minimum absolute atomic E-state index is 0.0656. The summed E-state index contributed by atoms with van der Waals surface area (Å²) in [5.41, 5.74) is 1.65. The van der Waals surface area contributed by atoms with Gasteiger partial charge in [-0.25, -0.2) is 0 Å². The third kappa shape index (κ3) is 5.03. The highest BCUT2D eigenvalue weighted by Crippen LogP contribution is 2.15. The van der Waals surface area contributed by atoms with Crippen LogP contribution in [0.3, 0.4) is 0 Å². The summed E-state index contributed by atoms with van der Waals surface area (Å²) in [6.07, 6.45) is 0.0695. The highest BCUT2D eigenvalue weighted by atomic mass is 16.5. The highest BCUT2D eigenvalue weighted by molar-refractivity contribution is 5.98. The molecule has 2 aromatic carbocycles. The Kier molecular flexibility index (Phi) is 6.70. The van der Waals surface area contributed by atoms with Gasteiger partial charge in [0.05, 0.1) is 6.61 Å². The third-order valence-corrected chi connectivity index (χ3v) is 3.81. The molecule has 2 aromatic rings. The van der Waals surface area contributed by atoms with E-state index in [0.717, 1.165) is 5.56 Å². The van der Waals surface area contributed by atoms with Gasteiger partial charge in [-0.1, -0.05) is 60.7 Å². The molecule has 1 N–H and O–H groups in total. The quantitative estimate of drug-likeness (QED) is 0.596. The number of esters is 1. The first-order chi connectivity index (χ1) is 11.6. The Hall–Kier alpha value is -2.46. The molecule has 0 aromatic heterocycles. The second-order valence-corrected chi connectivity index (χ2v) is 5.60. The zero-order valence-electron chi connectivity index (χ0n) is 14.1. The van der Waals surface area contributed by atoms with E-state index >= 15 is 0 Å². The Labute approximate surface area is 142 Å². The van der Waals surface area contributed by atoms with Gasteiger partial charge in [0.1, 0.15) is 6.04 Å². The summed E-state index contributed by atoms with van der Waals surface area (Å²) in [5.74, 6) is -0.481. The summed E-state index contributed by atoms with van der Waals surface area (Å²) in [4.78, 5) is 24.7. The van der Waals surface area contributed by atoms with Crippen molar-refractivity contribution in [3.63, 3.8) is 0 Å². The van der Waals surface area contributed by atoms with E-state index in [4.69, 9.17) is 4.74 Å². The van der Waals surface area contributed by atoms with Gasteiger partial charge in [-0.15, -0.1) is 0 Å². The molecule has 2 unspecified atom stereocenters. The van der Waals surface area contributed by atoms with Gasteiger partial charge >= 0.3 is 5.97 Å². The lowest BCUT2D eigenvalue weighted by atomic mass is 10.0. The van der Waals surface area contributed by atoms with Crippen molar-refractivity contribution in [1.29, 1.82) is 0 Å². The second-order valence-electron chi connectivity index (χ2n) is 5.60. The Balaban J connectivity index is 2.10. The number of Topliss-reactive ketones (excluding diaryl/α,β-unsaturated/α-hetero) is 1. The maximum Gasteiger partial charge on any atom is 0.323 e. The zero-order chi connectivity index (χ0) is 17.4. The van der Waals surface area contributed by atoms with Crippen LogP contribution in [0.5, 0.6) is 0 Å². The van der Waals surface area contributed by atoms with E-state index in [1.165, 1.54) is 0 Å². The minimum Gasteiger partial charge on any atom is -0.465 e. The number of benzene rings is 2. The van der Waals surface area contributed by atoms with Crippen LogP contribution in [0.1, 0.15) is 42.2 Å². The summed E-state index contributed by atoms with van der Waals surface area (Å²) in [6.45, 7) is 4.01. The molecule has 0 radical (unpaired) electrons. The molecule has 2 atom stereocenters.